The predicted octanol–water partition coefficient (Wildman–Crippen LogP) is 3.06. The quantitative estimate of drug-likeness (QED) is 0.815. The third kappa shape index (κ3) is 4.90. The van der Waals surface area contributed by atoms with Crippen LogP contribution >= 0.6 is 23.2 Å². The van der Waals surface area contributed by atoms with E-state index in [1.54, 1.807) is 11.1 Å². The SMILES string of the molecule is O=C(NC1CCN(C(=O)Cc2ccccn2)CC1)c1cc(Cl)cc(Cl)c1O. The molecule has 0 bridgehead atoms. The molecule has 0 unspecified atom stereocenters. The molecule has 1 saturated heterocycles. The van der Waals surface area contributed by atoms with E-state index in [1.807, 2.05) is 18.2 Å². The second-order valence-electron chi connectivity index (χ2n) is 6.41. The van der Waals surface area contributed by atoms with Crippen LogP contribution in [0.3, 0.4) is 0 Å². The number of aromatic hydroxyl groups is 1. The Morgan fingerprint density at radius 3 is 2.63 bits per heavy atom. The Labute approximate surface area is 167 Å². The molecule has 27 heavy (non-hydrogen) atoms. The van der Waals surface area contributed by atoms with Crippen molar-refractivity contribution in [1.29, 1.82) is 0 Å². The van der Waals surface area contributed by atoms with E-state index < -0.39 is 5.91 Å². The summed E-state index contributed by atoms with van der Waals surface area (Å²) in [5.41, 5.74) is 0.785. The molecule has 0 spiro atoms. The number of piperidine rings is 1. The average Bonchev–Trinajstić information content (AvgIpc) is 2.66. The van der Waals surface area contributed by atoms with E-state index in [2.05, 4.69) is 10.3 Å². The van der Waals surface area contributed by atoms with Crippen molar-refractivity contribution in [2.45, 2.75) is 25.3 Å². The van der Waals surface area contributed by atoms with Gasteiger partial charge in [-0.1, -0.05) is 29.3 Å². The fourth-order valence-corrected chi connectivity index (χ4v) is 3.54. The number of nitrogens with zero attached hydrogens (tertiary/aromatic N) is 2. The third-order valence-electron chi connectivity index (χ3n) is 4.51. The number of pyridine rings is 1. The second kappa shape index (κ2) is 8.59. The lowest BCUT2D eigenvalue weighted by molar-refractivity contribution is -0.131. The Bertz CT molecular complexity index is 838. The molecule has 142 valence electrons. The number of hydrogen-bond donors (Lipinski definition) is 2. The molecule has 1 aromatic carbocycles. The van der Waals surface area contributed by atoms with Crippen molar-refractivity contribution < 1.29 is 14.7 Å². The Morgan fingerprint density at radius 1 is 1.22 bits per heavy atom. The Kier molecular flexibility index (Phi) is 6.19. The minimum Gasteiger partial charge on any atom is -0.506 e. The maximum atomic E-state index is 12.4. The van der Waals surface area contributed by atoms with Crippen LogP contribution in [0.4, 0.5) is 0 Å². The van der Waals surface area contributed by atoms with Crippen molar-refractivity contribution in [3.05, 3.63) is 57.8 Å². The highest BCUT2D eigenvalue weighted by Gasteiger charge is 2.25. The van der Waals surface area contributed by atoms with Crippen LogP contribution in [0.2, 0.25) is 10.0 Å². The van der Waals surface area contributed by atoms with Crippen LogP contribution in [0.15, 0.2) is 36.5 Å². The summed E-state index contributed by atoms with van der Waals surface area (Å²) in [6.45, 7) is 1.11. The van der Waals surface area contributed by atoms with Crippen molar-refractivity contribution in [2.75, 3.05) is 13.1 Å². The number of likely N-dealkylation sites (tertiary alicyclic amines) is 1. The van der Waals surface area contributed by atoms with Crippen molar-refractivity contribution in [3.63, 3.8) is 0 Å². The molecule has 2 amide bonds. The highest BCUT2D eigenvalue weighted by atomic mass is 35.5. The van der Waals surface area contributed by atoms with Crippen molar-refractivity contribution in [3.8, 4) is 5.75 Å². The Morgan fingerprint density at radius 2 is 1.96 bits per heavy atom. The van der Waals surface area contributed by atoms with E-state index in [1.165, 1.54) is 12.1 Å². The van der Waals surface area contributed by atoms with Gasteiger partial charge in [0.2, 0.25) is 5.91 Å². The number of amides is 2. The number of phenols is 1. The first-order valence-corrected chi connectivity index (χ1v) is 9.36. The molecule has 2 N–H and O–H groups in total. The van der Waals surface area contributed by atoms with Crippen molar-refractivity contribution >= 4 is 35.0 Å². The Hall–Kier alpha value is -2.31. The molecular formula is C19H19Cl2N3O3. The fraction of sp³-hybridized carbons (Fsp3) is 0.316. The summed E-state index contributed by atoms with van der Waals surface area (Å²) in [4.78, 5) is 30.7. The number of aromatic nitrogens is 1. The van der Waals surface area contributed by atoms with E-state index in [4.69, 9.17) is 23.2 Å². The van der Waals surface area contributed by atoms with E-state index in [0.29, 0.717) is 25.9 Å². The molecule has 2 heterocycles. The molecule has 1 aliphatic heterocycles. The van der Waals surface area contributed by atoms with Crippen LogP contribution in [-0.2, 0) is 11.2 Å². The average molecular weight is 408 g/mol. The lowest BCUT2D eigenvalue weighted by Crippen LogP contribution is -2.47. The number of benzene rings is 1. The summed E-state index contributed by atoms with van der Waals surface area (Å²) in [5, 5.41) is 13.1. The molecule has 1 fully saturated rings. The molecule has 2 aromatic rings. The van der Waals surface area contributed by atoms with Gasteiger partial charge < -0.3 is 15.3 Å². The van der Waals surface area contributed by atoms with Gasteiger partial charge in [0.05, 0.1) is 17.0 Å². The largest absolute Gasteiger partial charge is 0.506 e. The van der Waals surface area contributed by atoms with Crippen LogP contribution in [0, 0.1) is 0 Å². The van der Waals surface area contributed by atoms with Crippen LogP contribution in [0.25, 0.3) is 0 Å². The summed E-state index contributed by atoms with van der Waals surface area (Å²) in [7, 11) is 0. The first kappa shape index (κ1) is 19.5. The molecule has 0 aliphatic carbocycles. The highest BCUT2D eigenvalue weighted by Crippen LogP contribution is 2.31. The molecule has 1 aliphatic rings. The number of rotatable bonds is 4. The van der Waals surface area contributed by atoms with Gasteiger partial charge in [-0.05, 0) is 37.1 Å². The van der Waals surface area contributed by atoms with Gasteiger partial charge in [-0.3, -0.25) is 14.6 Å². The van der Waals surface area contributed by atoms with Crippen LogP contribution in [0.5, 0.6) is 5.75 Å². The van der Waals surface area contributed by atoms with Gasteiger partial charge in [0, 0.05) is 36.0 Å². The van der Waals surface area contributed by atoms with E-state index >= 15 is 0 Å². The summed E-state index contributed by atoms with van der Waals surface area (Å²) >= 11 is 11.8. The Balaban J connectivity index is 1.54. The maximum absolute atomic E-state index is 12.4. The van der Waals surface area contributed by atoms with Gasteiger partial charge in [0.25, 0.3) is 5.91 Å². The molecule has 0 saturated carbocycles. The number of phenolic OH excluding ortho intramolecular Hbond substituents is 1. The minimum absolute atomic E-state index is 0.0257. The van der Waals surface area contributed by atoms with Gasteiger partial charge in [0.1, 0.15) is 5.75 Å². The summed E-state index contributed by atoms with van der Waals surface area (Å²) in [6.07, 6.45) is 3.21. The number of halogens is 2. The summed E-state index contributed by atoms with van der Waals surface area (Å²) < 4.78 is 0. The van der Waals surface area contributed by atoms with Gasteiger partial charge in [0.15, 0.2) is 0 Å². The lowest BCUT2D eigenvalue weighted by Gasteiger charge is -2.32. The predicted molar refractivity (Wildman–Crippen MR) is 103 cm³/mol. The molecule has 0 atom stereocenters. The minimum atomic E-state index is -0.435. The monoisotopic (exact) mass is 407 g/mol. The maximum Gasteiger partial charge on any atom is 0.255 e. The fourth-order valence-electron chi connectivity index (χ4n) is 3.04. The van der Waals surface area contributed by atoms with Gasteiger partial charge in [-0.15, -0.1) is 0 Å². The molecular weight excluding hydrogens is 389 g/mol. The summed E-state index contributed by atoms with van der Waals surface area (Å²) in [5.74, 6) is -0.700. The summed E-state index contributed by atoms with van der Waals surface area (Å²) in [6, 6.07) is 8.16. The zero-order valence-corrected chi connectivity index (χ0v) is 16.0. The molecule has 3 rings (SSSR count). The molecule has 8 heteroatoms. The van der Waals surface area contributed by atoms with Crippen molar-refractivity contribution in [2.24, 2.45) is 0 Å². The molecule has 1 aromatic heterocycles. The second-order valence-corrected chi connectivity index (χ2v) is 7.25. The van der Waals surface area contributed by atoms with E-state index in [9.17, 15) is 14.7 Å². The molecule has 0 radical (unpaired) electrons. The van der Waals surface area contributed by atoms with Crippen LogP contribution in [-0.4, -0.2) is 45.9 Å². The first-order chi connectivity index (χ1) is 12.9. The number of carbonyl (C=O) groups is 2. The van der Waals surface area contributed by atoms with Gasteiger partial charge in [-0.2, -0.15) is 0 Å². The smallest absolute Gasteiger partial charge is 0.255 e. The standard InChI is InChI=1S/C19H19Cl2N3O3/c20-12-9-15(18(26)16(21)10-12)19(27)23-13-4-7-24(8-5-13)17(25)11-14-3-1-2-6-22-14/h1-3,6,9-10,13,26H,4-5,7-8,11H2,(H,23,27). The van der Waals surface area contributed by atoms with Gasteiger partial charge in [-0.25, -0.2) is 0 Å². The van der Waals surface area contributed by atoms with Gasteiger partial charge >= 0.3 is 0 Å². The van der Waals surface area contributed by atoms with Crippen LogP contribution < -0.4 is 5.32 Å². The third-order valence-corrected chi connectivity index (χ3v) is 5.02. The topological polar surface area (TPSA) is 82.5 Å². The lowest BCUT2D eigenvalue weighted by atomic mass is 10.0. The number of carbonyl (C=O) groups excluding carboxylic acids is 2. The molecule has 6 nitrogen and oxygen atoms in total. The van der Waals surface area contributed by atoms with Crippen molar-refractivity contribution in [1.82, 2.24) is 15.2 Å². The zero-order valence-electron chi connectivity index (χ0n) is 14.5. The number of hydrogen-bond acceptors (Lipinski definition) is 4. The zero-order chi connectivity index (χ0) is 19.4. The van der Waals surface area contributed by atoms with E-state index in [0.717, 1.165) is 5.69 Å². The normalized spacial score (nSPS) is 14.8. The van der Waals surface area contributed by atoms with Crippen LogP contribution in [0.1, 0.15) is 28.9 Å². The highest BCUT2D eigenvalue weighted by molar-refractivity contribution is 6.36. The van der Waals surface area contributed by atoms with E-state index in [-0.39, 0.29) is 39.7 Å². The number of nitrogens with one attached hydrogen (secondary N) is 1. The first-order valence-electron chi connectivity index (χ1n) is 8.60.